The smallest absolute Gasteiger partial charge is 0.330 e. The highest BCUT2D eigenvalue weighted by molar-refractivity contribution is 5.83. The molecule has 2 rings (SSSR count). The van der Waals surface area contributed by atoms with Crippen LogP contribution in [0.5, 0.6) is 5.75 Å². The summed E-state index contributed by atoms with van der Waals surface area (Å²) in [6, 6.07) is 4.72. The van der Waals surface area contributed by atoms with E-state index >= 15 is 0 Å². The first kappa shape index (κ1) is 15.8. The number of esters is 1. The highest BCUT2D eigenvalue weighted by atomic mass is 19.1. The van der Waals surface area contributed by atoms with Gasteiger partial charge in [0.2, 0.25) is 0 Å². The topological polar surface area (TPSA) is 47.6 Å². The van der Waals surface area contributed by atoms with Crippen LogP contribution in [-0.2, 0) is 15.1 Å². The third-order valence-corrected chi connectivity index (χ3v) is 4.14. The van der Waals surface area contributed by atoms with E-state index in [0.29, 0.717) is 5.75 Å². The fourth-order valence-corrected chi connectivity index (χ4v) is 3.08. The van der Waals surface area contributed by atoms with E-state index in [4.69, 9.17) is 9.47 Å². The number of rotatable bonds is 5. The molecule has 21 heavy (non-hydrogen) atoms. The Morgan fingerprint density at radius 1 is 1.33 bits per heavy atom. The highest BCUT2D eigenvalue weighted by Gasteiger charge is 2.43. The third-order valence-electron chi connectivity index (χ3n) is 4.14. The minimum atomic E-state index is -1.26. The van der Waals surface area contributed by atoms with Gasteiger partial charge < -0.3 is 9.47 Å². The van der Waals surface area contributed by atoms with E-state index in [1.165, 1.54) is 20.3 Å². The van der Waals surface area contributed by atoms with Crippen molar-refractivity contribution in [2.45, 2.75) is 44.2 Å². The largest absolute Gasteiger partial charge is 0.496 e. The van der Waals surface area contributed by atoms with Gasteiger partial charge in [-0.1, -0.05) is 18.9 Å². The van der Waals surface area contributed by atoms with Crippen molar-refractivity contribution in [2.24, 2.45) is 0 Å². The van der Waals surface area contributed by atoms with Gasteiger partial charge in [0.25, 0.3) is 0 Å². The van der Waals surface area contributed by atoms with Crippen LogP contribution in [0.15, 0.2) is 18.2 Å². The maximum Gasteiger partial charge on any atom is 0.330 e. The van der Waals surface area contributed by atoms with Gasteiger partial charge in [0, 0.05) is 6.04 Å². The maximum absolute atomic E-state index is 14.4. The number of hydrogen-bond acceptors (Lipinski definition) is 4. The molecule has 5 heteroatoms. The maximum atomic E-state index is 14.4. The van der Waals surface area contributed by atoms with Crippen molar-refractivity contribution in [2.75, 3.05) is 14.2 Å². The van der Waals surface area contributed by atoms with Crippen LogP contribution in [0, 0.1) is 5.82 Å². The average Bonchev–Trinajstić information content (AvgIpc) is 2.98. The molecule has 1 aromatic rings. The number of hydrogen-bond donors (Lipinski definition) is 1. The van der Waals surface area contributed by atoms with Crippen molar-refractivity contribution in [3.63, 3.8) is 0 Å². The second-order valence-electron chi connectivity index (χ2n) is 5.56. The summed E-state index contributed by atoms with van der Waals surface area (Å²) in [4.78, 5) is 12.3. The number of ether oxygens (including phenoxy) is 2. The van der Waals surface area contributed by atoms with Crippen molar-refractivity contribution >= 4 is 5.97 Å². The van der Waals surface area contributed by atoms with Crippen molar-refractivity contribution in [1.29, 1.82) is 0 Å². The van der Waals surface area contributed by atoms with Gasteiger partial charge in [-0.3, -0.25) is 5.32 Å². The molecule has 1 fully saturated rings. The summed E-state index contributed by atoms with van der Waals surface area (Å²) < 4.78 is 24.5. The number of carbonyl (C=O) groups is 1. The van der Waals surface area contributed by atoms with Crippen LogP contribution < -0.4 is 10.1 Å². The molecular weight excluding hydrogens is 273 g/mol. The van der Waals surface area contributed by atoms with Crippen molar-refractivity contribution in [3.8, 4) is 5.75 Å². The molecule has 0 aliphatic heterocycles. The van der Waals surface area contributed by atoms with Crippen molar-refractivity contribution in [1.82, 2.24) is 5.32 Å². The van der Waals surface area contributed by atoms with E-state index in [1.54, 1.807) is 19.1 Å². The molecule has 4 nitrogen and oxygen atoms in total. The molecule has 1 aromatic carbocycles. The summed E-state index contributed by atoms with van der Waals surface area (Å²) in [5, 5.41) is 3.28. The van der Waals surface area contributed by atoms with E-state index in [2.05, 4.69) is 5.32 Å². The summed E-state index contributed by atoms with van der Waals surface area (Å²) in [5.41, 5.74) is -1.06. The van der Waals surface area contributed by atoms with Gasteiger partial charge in [-0.15, -0.1) is 0 Å². The summed E-state index contributed by atoms with van der Waals surface area (Å²) in [6.07, 6.45) is 4.18. The first-order valence-electron chi connectivity index (χ1n) is 7.22. The first-order valence-corrected chi connectivity index (χ1v) is 7.22. The SMILES string of the molecule is COC(=O)C(C)(NC1CCCC1)c1c(F)cccc1OC. The molecule has 116 valence electrons. The number of methoxy groups -OCH3 is 2. The van der Waals surface area contributed by atoms with E-state index in [0.717, 1.165) is 25.7 Å². The zero-order valence-electron chi connectivity index (χ0n) is 12.7. The lowest BCUT2D eigenvalue weighted by Gasteiger charge is -2.33. The second-order valence-corrected chi connectivity index (χ2v) is 5.56. The Morgan fingerprint density at radius 2 is 2.00 bits per heavy atom. The fraction of sp³-hybridized carbons (Fsp3) is 0.562. The average molecular weight is 295 g/mol. The normalized spacial score (nSPS) is 18.3. The molecule has 0 amide bonds. The number of benzene rings is 1. The van der Waals surface area contributed by atoms with Gasteiger partial charge in [-0.2, -0.15) is 0 Å². The van der Waals surface area contributed by atoms with Crippen LogP contribution in [0.3, 0.4) is 0 Å². The van der Waals surface area contributed by atoms with Crippen LogP contribution in [0.2, 0.25) is 0 Å². The molecule has 1 aliphatic rings. The Bertz CT molecular complexity index is 514. The Balaban J connectivity index is 2.46. The molecule has 1 unspecified atom stereocenters. The molecule has 0 heterocycles. The second kappa shape index (κ2) is 6.43. The van der Waals surface area contributed by atoms with Crippen LogP contribution in [0.25, 0.3) is 0 Å². The third kappa shape index (κ3) is 3.02. The van der Waals surface area contributed by atoms with Gasteiger partial charge in [0.05, 0.1) is 19.8 Å². The molecular formula is C16H22FNO3. The van der Waals surface area contributed by atoms with Gasteiger partial charge in [-0.05, 0) is 31.9 Å². The minimum Gasteiger partial charge on any atom is -0.496 e. The lowest BCUT2D eigenvalue weighted by atomic mass is 9.89. The predicted molar refractivity (Wildman–Crippen MR) is 77.7 cm³/mol. The molecule has 0 bridgehead atoms. The summed E-state index contributed by atoms with van der Waals surface area (Å²) in [5.74, 6) is -0.654. The monoisotopic (exact) mass is 295 g/mol. The van der Waals surface area contributed by atoms with Gasteiger partial charge in [-0.25, -0.2) is 9.18 Å². The van der Waals surface area contributed by atoms with Gasteiger partial charge in [0.15, 0.2) is 0 Å². The zero-order chi connectivity index (χ0) is 15.5. The summed E-state index contributed by atoms with van der Waals surface area (Å²) >= 11 is 0. The van der Waals surface area contributed by atoms with Crippen molar-refractivity contribution in [3.05, 3.63) is 29.6 Å². The molecule has 0 spiro atoms. The van der Waals surface area contributed by atoms with E-state index in [1.807, 2.05) is 0 Å². The minimum absolute atomic E-state index is 0.179. The van der Waals surface area contributed by atoms with Crippen molar-refractivity contribution < 1.29 is 18.7 Å². The highest BCUT2D eigenvalue weighted by Crippen LogP contribution is 2.35. The Morgan fingerprint density at radius 3 is 2.57 bits per heavy atom. The Labute approximate surface area is 124 Å². The standard InChI is InChI=1S/C16H22FNO3/c1-16(15(19)21-3,18-11-7-4-5-8-11)14-12(17)9-6-10-13(14)20-2/h6,9-11,18H,4-5,7-8H2,1-3H3. The molecule has 0 radical (unpaired) electrons. The van der Waals surface area contributed by atoms with Crippen LogP contribution >= 0.6 is 0 Å². The van der Waals surface area contributed by atoms with E-state index < -0.39 is 17.3 Å². The van der Waals surface area contributed by atoms with Crippen LogP contribution in [0.1, 0.15) is 38.2 Å². The summed E-state index contributed by atoms with van der Waals surface area (Å²) in [6.45, 7) is 1.65. The summed E-state index contributed by atoms with van der Waals surface area (Å²) in [7, 11) is 2.77. The fourth-order valence-electron chi connectivity index (χ4n) is 3.08. The zero-order valence-corrected chi connectivity index (χ0v) is 12.7. The quantitative estimate of drug-likeness (QED) is 0.849. The lowest BCUT2D eigenvalue weighted by molar-refractivity contribution is -0.149. The van der Waals surface area contributed by atoms with Crippen LogP contribution in [0.4, 0.5) is 4.39 Å². The van der Waals surface area contributed by atoms with Gasteiger partial charge in [0.1, 0.15) is 17.1 Å². The van der Waals surface area contributed by atoms with E-state index in [-0.39, 0.29) is 11.6 Å². The first-order chi connectivity index (χ1) is 10.0. The predicted octanol–water partition coefficient (Wildman–Crippen LogP) is 2.75. The Hall–Kier alpha value is -1.62. The number of carbonyl (C=O) groups excluding carboxylic acids is 1. The van der Waals surface area contributed by atoms with Gasteiger partial charge >= 0.3 is 5.97 Å². The molecule has 0 aromatic heterocycles. The van der Waals surface area contributed by atoms with Crippen LogP contribution in [-0.4, -0.2) is 26.2 Å². The van der Waals surface area contributed by atoms with E-state index in [9.17, 15) is 9.18 Å². The molecule has 1 saturated carbocycles. The number of halogens is 1. The molecule has 1 atom stereocenters. The Kier molecular flexibility index (Phi) is 4.83. The molecule has 1 N–H and O–H groups in total. The lowest BCUT2D eigenvalue weighted by Crippen LogP contribution is -2.51. The number of nitrogens with one attached hydrogen (secondary N) is 1. The molecule has 0 saturated heterocycles. The molecule has 1 aliphatic carbocycles.